The number of methoxy groups -OCH3 is 1. The molecule has 0 spiro atoms. The summed E-state index contributed by atoms with van der Waals surface area (Å²) in [5, 5.41) is 3.83. The molecule has 10 heteroatoms. The highest BCUT2D eigenvalue weighted by molar-refractivity contribution is 5.85. The van der Waals surface area contributed by atoms with E-state index in [0.29, 0.717) is 43.4 Å². The number of carbonyl (C=O) groups is 1. The molecule has 4 heterocycles. The molecule has 1 aromatic heterocycles. The van der Waals surface area contributed by atoms with E-state index in [1.165, 1.54) is 6.20 Å². The molecule has 0 unspecified atom stereocenters. The van der Waals surface area contributed by atoms with Gasteiger partial charge in [-0.3, -0.25) is 4.79 Å². The number of rotatable bonds is 5. The number of ether oxygens (including phenoxy) is 2. The van der Waals surface area contributed by atoms with E-state index in [0.717, 1.165) is 70.1 Å². The fraction of sp³-hybridized carbons (Fsp3) is 0.778. The number of fused-ring (bicyclic) bond motifs is 3. The zero-order valence-electron chi connectivity index (χ0n) is 21.4. The van der Waals surface area contributed by atoms with Crippen LogP contribution in [-0.4, -0.2) is 79.5 Å². The smallest absolute Gasteiger partial charge is 0.379 e. The third-order valence-corrected chi connectivity index (χ3v) is 9.73. The van der Waals surface area contributed by atoms with Crippen LogP contribution < -0.4 is 10.2 Å². The summed E-state index contributed by atoms with van der Waals surface area (Å²) in [5.74, 6) is 1.03. The van der Waals surface area contributed by atoms with E-state index in [9.17, 15) is 18.0 Å². The summed E-state index contributed by atoms with van der Waals surface area (Å²) in [6.45, 7) is 2.40. The number of anilines is 1. The summed E-state index contributed by atoms with van der Waals surface area (Å²) in [6, 6.07) is 2.74. The van der Waals surface area contributed by atoms with Crippen molar-refractivity contribution < 1.29 is 27.4 Å². The summed E-state index contributed by atoms with van der Waals surface area (Å²) in [7, 11) is 1.73. The van der Waals surface area contributed by atoms with Gasteiger partial charge in [0.25, 0.3) is 0 Å². The van der Waals surface area contributed by atoms with Crippen molar-refractivity contribution in [3.8, 4) is 0 Å². The number of piperazine rings is 1. The van der Waals surface area contributed by atoms with Gasteiger partial charge in [-0.25, -0.2) is 4.98 Å². The summed E-state index contributed by atoms with van der Waals surface area (Å²) in [5.41, 5.74) is -0.996. The average molecular weight is 523 g/mol. The van der Waals surface area contributed by atoms with E-state index in [2.05, 4.69) is 15.2 Å². The number of hydrogen-bond donors (Lipinski definition) is 1. The molecule has 3 saturated heterocycles. The quantitative estimate of drug-likeness (QED) is 0.637. The molecule has 2 saturated carbocycles. The number of halogens is 3. The second kappa shape index (κ2) is 9.68. The van der Waals surface area contributed by atoms with Crippen LogP contribution in [0.4, 0.5) is 19.0 Å². The molecule has 2 aliphatic carbocycles. The lowest BCUT2D eigenvalue weighted by Crippen LogP contribution is -2.59. The maximum Gasteiger partial charge on any atom is 0.416 e. The van der Waals surface area contributed by atoms with Crippen molar-refractivity contribution in [3.05, 3.63) is 23.9 Å². The number of aromatic nitrogens is 1. The van der Waals surface area contributed by atoms with Gasteiger partial charge in [-0.2, -0.15) is 13.2 Å². The van der Waals surface area contributed by atoms with E-state index >= 15 is 0 Å². The average Bonchev–Trinajstić information content (AvgIpc) is 3.52. The van der Waals surface area contributed by atoms with E-state index in [4.69, 9.17) is 9.47 Å². The van der Waals surface area contributed by atoms with Crippen molar-refractivity contribution in [2.75, 3.05) is 38.3 Å². The molecule has 5 fully saturated rings. The van der Waals surface area contributed by atoms with E-state index in [-0.39, 0.29) is 29.6 Å². The van der Waals surface area contributed by atoms with Crippen LogP contribution >= 0.6 is 0 Å². The fourth-order valence-electron chi connectivity index (χ4n) is 8.00. The van der Waals surface area contributed by atoms with Crippen molar-refractivity contribution in [1.29, 1.82) is 0 Å². The zero-order valence-corrected chi connectivity index (χ0v) is 21.4. The Balaban J connectivity index is 1.16. The van der Waals surface area contributed by atoms with Crippen LogP contribution in [0.3, 0.4) is 0 Å². The van der Waals surface area contributed by atoms with Crippen LogP contribution in [-0.2, 0) is 20.4 Å². The topological polar surface area (TPSA) is 66.9 Å². The second-order valence-electron chi connectivity index (χ2n) is 11.7. The Bertz CT molecular complexity index is 995. The molecule has 1 amide bonds. The highest BCUT2D eigenvalue weighted by atomic mass is 19.4. The van der Waals surface area contributed by atoms with Crippen LogP contribution in [0, 0.1) is 11.3 Å². The van der Waals surface area contributed by atoms with Crippen molar-refractivity contribution in [2.45, 2.75) is 87.8 Å². The Morgan fingerprint density at radius 1 is 1.22 bits per heavy atom. The minimum atomic E-state index is -4.40. The number of alkyl halides is 3. The molecule has 7 nitrogen and oxygen atoms in total. The predicted octanol–water partition coefficient (Wildman–Crippen LogP) is 3.62. The van der Waals surface area contributed by atoms with E-state index < -0.39 is 11.7 Å². The maximum absolute atomic E-state index is 14.3. The Morgan fingerprint density at radius 2 is 2.00 bits per heavy atom. The highest BCUT2D eigenvalue weighted by Crippen LogP contribution is 2.56. The van der Waals surface area contributed by atoms with Crippen LogP contribution in [0.1, 0.15) is 56.9 Å². The van der Waals surface area contributed by atoms with Gasteiger partial charge in [0.1, 0.15) is 5.82 Å². The number of carbonyl (C=O) groups excluding carboxylic acids is 1. The third kappa shape index (κ3) is 4.52. The van der Waals surface area contributed by atoms with Gasteiger partial charge >= 0.3 is 6.18 Å². The summed E-state index contributed by atoms with van der Waals surface area (Å²) < 4.78 is 51.0. The van der Waals surface area contributed by atoms with Crippen molar-refractivity contribution in [1.82, 2.24) is 15.2 Å². The lowest BCUT2D eigenvalue weighted by molar-refractivity contribution is -0.147. The molecular weight excluding hydrogens is 485 g/mol. The SMILES string of the molecule is CO[C@@H]1COCC[C@H]1N[C@@H]1C[C@H]2CCC[C@@]2(C(=O)N2[C@@H]3CC[C@@H]2CN(c2cc(C(F)(F)F)ccn2)C3)C1. The predicted molar refractivity (Wildman–Crippen MR) is 131 cm³/mol. The molecule has 1 aromatic rings. The second-order valence-corrected chi connectivity index (χ2v) is 11.7. The first-order chi connectivity index (χ1) is 17.8. The molecular formula is C27H37F3N4O3. The minimum Gasteiger partial charge on any atom is -0.379 e. The number of amides is 1. The van der Waals surface area contributed by atoms with Gasteiger partial charge in [0.15, 0.2) is 0 Å². The van der Waals surface area contributed by atoms with Gasteiger partial charge in [-0.15, -0.1) is 0 Å². The normalized spacial score (nSPS) is 37.7. The molecule has 37 heavy (non-hydrogen) atoms. The van der Waals surface area contributed by atoms with Gasteiger partial charge in [0.05, 0.1) is 23.7 Å². The fourth-order valence-corrected chi connectivity index (χ4v) is 8.00. The van der Waals surface area contributed by atoms with Crippen molar-refractivity contribution >= 4 is 11.7 Å². The summed E-state index contributed by atoms with van der Waals surface area (Å²) >= 11 is 0. The van der Waals surface area contributed by atoms with Gasteiger partial charge in [0.2, 0.25) is 5.91 Å². The van der Waals surface area contributed by atoms with Gasteiger partial charge < -0.3 is 24.6 Å². The zero-order chi connectivity index (χ0) is 25.8. The summed E-state index contributed by atoms with van der Waals surface area (Å²) in [6.07, 6.45) is 4.57. The first-order valence-corrected chi connectivity index (χ1v) is 13.8. The van der Waals surface area contributed by atoms with Gasteiger partial charge in [-0.05, 0) is 63.0 Å². The lowest BCUT2D eigenvalue weighted by atomic mass is 9.78. The number of nitrogens with one attached hydrogen (secondary N) is 1. The summed E-state index contributed by atoms with van der Waals surface area (Å²) in [4.78, 5) is 22.6. The van der Waals surface area contributed by atoms with Gasteiger partial charge in [-0.1, -0.05) is 6.42 Å². The first-order valence-electron chi connectivity index (χ1n) is 13.8. The molecule has 7 atom stereocenters. The molecule has 0 radical (unpaired) electrons. The number of pyridine rings is 1. The van der Waals surface area contributed by atoms with Crippen LogP contribution in [0.15, 0.2) is 18.3 Å². The Hall–Kier alpha value is -1.91. The maximum atomic E-state index is 14.3. The number of hydrogen-bond acceptors (Lipinski definition) is 6. The van der Waals surface area contributed by atoms with Crippen LogP contribution in [0.2, 0.25) is 0 Å². The third-order valence-electron chi connectivity index (χ3n) is 9.73. The molecule has 204 valence electrons. The standard InChI is InChI=1S/C27H37F3N4O3/c1-36-23-16-37-10-7-22(23)32-19-11-17-3-2-8-26(17,13-19)25(35)34-20-4-5-21(34)15-33(14-20)24-12-18(6-9-31-24)27(28,29)30/h6,9,12,17,19-23,32H,2-5,7-8,10-11,13-16H2,1H3/t17-,19-,20-,21-,22-,23-,26-/m1/s1. The molecule has 3 aliphatic heterocycles. The Morgan fingerprint density at radius 3 is 2.73 bits per heavy atom. The van der Waals surface area contributed by atoms with Crippen LogP contribution in [0.5, 0.6) is 0 Å². The number of nitrogens with zero attached hydrogens (tertiary/aromatic N) is 3. The molecule has 0 aromatic carbocycles. The largest absolute Gasteiger partial charge is 0.416 e. The van der Waals surface area contributed by atoms with E-state index in [1.807, 2.05) is 4.90 Å². The van der Waals surface area contributed by atoms with Crippen LogP contribution in [0.25, 0.3) is 0 Å². The lowest BCUT2D eigenvalue weighted by Gasteiger charge is -2.45. The van der Waals surface area contributed by atoms with Crippen molar-refractivity contribution in [2.24, 2.45) is 11.3 Å². The molecule has 1 N–H and O–H groups in total. The monoisotopic (exact) mass is 522 g/mol. The highest BCUT2D eigenvalue weighted by Gasteiger charge is 2.59. The van der Waals surface area contributed by atoms with E-state index in [1.54, 1.807) is 7.11 Å². The first kappa shape index (κ1) is 25.4. The van der Waals surface area contributed by atoms with Gasteiger partial charge in [0, 0.05) is 57.2 Å². The van der Waals surface area contributed by atoms with Crippen molar-refractivity contribution in [3.63, 3.8) is 0 Å². The molecule has 2 bridgehead atoms. The minimum absolute atomic E-state index is 0.0265. The molecule has 5 aliphatic rings. The Kier molecular flexibility index (Phi) is 6.64. The Labute approximate surface area is 216 Å². The molecule has 6 rings (SSSR count).